The van der Waals surface area contributed by atoms with Gasteiger partial charge in [0, 0.05) is 11.8 Å². The summed E-state index contributed by atoms with van der Waals surface area (Å²) in [4.78, 5) is 4.15. The number of hydrogen-bond donors (Lipinski definition) is 1. The highest BCUT2D eigenvalue weighted by molar-refractivity contribution is 5.63. The smallest absolute Gasteiger partial charge is 0.134 e. The quantitative estimate of drug-likeness (QED) is 0.761. The maximum absolute atomic E-state index is 9.50. The molecule has 1 aromatic carbocycles. The second-order valence-electron chi connectivity index (χ2n) is 3.06. The van der Waals surface area contributed by atoms with Crippen molar-refractivity contribution in [2.45, 2.75) is 0 Å². The van der Waals surface area contributed by atoms with Gasteiger partial charge in [0.25, 0.3) is 0 Å². The van der Waals surface area contributed by atoms with Crippen molar-refractivity contribution in [1.82, 2.24) is 4.98 Å². The predicted molar refractivity (Wildman–Crippen MR) is 56.1 cm³/mol. The first-order chi connectivity index (χ1) is 7.31. The van der Waals surface area contributed by atoms with E-state index in [1.165, 1.54) is 0 Å². The van der Waals surface area contributed by atoms with Crippen molar-refractivity contribution in [2.75, 3.05) is 0 Å². The number of pyridine rings is 1. The highest BCUT2D eigenvalue weighted by Crippen LogP contribution is 2.24. The molecule has 0 aliphatic carbocycles. The van der Waals surface area contributed by atoms with Crippen LogP contribution in [-0.2, 0) is 0 Å². The third-order valence-corrected chi connectivity index (χ3v) is 2.08. The molecule has 0 saturated heterocycles. The van der Waals surface area contributed by atoms with Gasteiger partial charge in [0.05, 0.1) is 11.3 Å². The molecule has 2 rings (SSSR count). The van der Waals surface area contributed by atoms with Crippen LogP contribution >= 0.6 is 0 Å². The fourth-order valence-electron chi connectivity index (χ4n) is 1.32. The van der Waals surface area contributed by atoms with Gasteiger partial charge in [-0.25, -0.2) is 0 Å². The van der Waals surface area contributed by atoms with E-state index in [9.17, 15) is 5.11 Å². The molecular formula is C12H8N2O. The van der Waals surface area contributed by atoms with Gasteiger partial charge in [0.2, 0.25) is 0 Å². The highest BCUT2D eigenvalue weighted by Gasteiger charge is 2.03. The van der Waals surface area contributed by atoms with Crippen molar-refractivity contribution in [3.05, 3.63) is 48.2 Å². The molecule has 0 atom stereocenters. The van der Waals surface area contributed by atoms with Gasteiger partial charge in [-0.15, -0.1) is 0 Å². The van der Waals surface area contributed by atoms with Crippen LogP contribution < -0.4 is 0 Å². The zero-order valence-corrected chi connectivity index (χ0v) is 7.88. The highest BCUT2D eigenvalue weighted by atomic mass is 16.3. The van der Waals surface area contributed by atoms with Crippen molar-refractivity contribution in [1.29, 1.82) is 5.26 Å². The van der Waals surface area contributed by atoms with E-state index >= 15 is 0 Å². The van der Waals surface area contributed by atoms with E-state index in [1.54, 1.807) is 24.4 Å². The number of nitriles is 1. The summed E-state index contributed by atoms with van der Waals surface area (Å²) in [7, 11) is 0. The van der Waals surface area contributed by atoms with Gasteiger partial charge in [-0.1, -0.05) is 12.1 Å². The number of phenols is 1. The van der Waals surface area contributed by atoms with Crippen LogP contribution in [0.25, 0.3) is 11.3 Å². The first kappa shape index (κ1) is 9.22. The van der Waals surface area contributed by atoms with Crippen molar-refractivity contribution < 1.29 is 5.11 Å². The van der Waals surface area contributed by atoms with Gasteiger partial charge >= 0.3 is 0 Å². The van der Waals surface area contributed by atoms with Crippen LogP contribution in [0.15, 0.2) is 42.6 Å². The van der Waals surface area contributed by atoms with Gasteiger partial charge in [0.1, 0.15) is 11.8 Å². The maximum atomic E-state index is 9.50. The molecule has 0 bridgehead atoms. The van der Waals surface area contributed by atoms with Gasteiger partial charge in [-0.2, -0.15) is 5.26 Å². The Hall–Kier alpha value is -2.34. The first-order valence-corrected chi connectivity index (χ1v) is 4.46. The van der Waals surface area contributed by atoms with Crippen LogP contribution in [0.2, 0.25) is 0 Å². The Morgan fingerprint density at radius 2 is 2.07 bits per heavy atom. The van der Waals surface area contributed by atoms with Crippen molar-refractivity contribution in [3.8, 4) is 23.1 Å². The minimum absolute atomic E-state index is 0.0133. The van der Waals surface area contributed by atoms with E-state index in [0.29, 0.717) is 0 Å². The average Bonchev–Trinajstić information content (AvgIpc) is 2.30. The van der Waals surface area contributed by atoms with E-state index in [-0.39, 0.29) is 11.3 Å². The molecule has 72 valence electrons. The molecular weight excluding hydrogens is 188 g/mol. The van der Waals surface area contributed by atoms with E-state index in [0.717, 1.165) is 11.3 Å². The lowest BCUT2D eigenvalue weighted by Gasteiger charge is -2.01. The Morgan fingerprint density at radius 1 is 1.20 bits per heavy atom. The molecule has 2 aromatic rings. The summed E-state index contributed by atoms with van der Waals surface area (Å²) in [6.07, 6.45) is 1.69. The summed E-state index contributed by atoms with van der Waals surface area (Å²) in [6.45, 7) is 0. The van der Waals surface area contributed by atoms with Crippen LogP contribution in [0, 0.1) is 11.3 Å². The Bertz CT molecular complexity index is 515. The summed E-state index contributed by atoms with van der Waals surface area (Å²) in [5.41, 5.74) is 1.85. The third kappa shape index (κ3) is 1.79. The molecule has 0 saturated carbocycles. The second kappa shape index (κ2) is 3.81. The predicted octanol–water partition coefficient (Wildman–Crippen LogP) is 2.33. The van der Waals surface area contributed by atoms with Crippen LogP contribution in [0.3, 0.4) is 0 Å². The number of benzene rings is 1. The van der Waals surface area contributed by atoms with Crippen LogP contribution in [-0.4, -0.2) is 10.1 Å². The molecule has 0 unspecified atom stereocenters. The molecule has 0 fully saturated rings. The molecule has 1 N–H and O–H groups in total. The lowest BCUT2D eigenvalue weighted by Crippen LogP contribution is -1.83. The zero-order chi connectivity index (χ0) is 10.7. The standard InChI is InChI=1S/C12H8N2O/c13-8-10-5-4-9(7-12(10)15)11-3-1-2-6-14-11/h1-7,15H. The Labute approximate surface area is 87.3 Å². The van der Waals surface area contributed by atoms with Crippen LogP contribution in [0.4, 0.5) is 0 Å². The van der Waals surface area contributed by atoms with Gasteiger partial charge in [0.15, 0.2) is 0 Å². The Morgan fingerprint density at radius 3 is 2.67 bits per heavy atom. The molecule has 0 aliphatic heterocycles. The Balaban J connectivity index is 2.49. The van der Waals surface area contributed by atoms with E-state index in [1.807, 2.05) is 24.3 Å². The molecule has 15 heavy (non-hydrogen) atoms. The monoisotopic (exact) mass is 196 g/mol. The number of rotatable bonds is 1. The fourth-order valence-corrected chi connectivity index (χ4v) is 1.32. The molecule has 0 amide bonds. The first-order valence-electron chi connectivity index (χ1n) is 4.46. The van der Waals surface area contributed by atoms with E-state index in [4.69, 9.17) is 5.26 Å². The molecule has 0 aliphatic rings. The summed E-state index contributed by atoms with van der Waals surface area (Å²) in [6, 6.07) is 12.3. The minimum atomic E-state index is -0.0133. The SMILES string of the molecule is N#Cc1ccc(-c2ccccn2)cc1O. The van der Waals surface area contributed by atoms with Crippen molar-refractivity contribution in [3.63, 3.8) is 0 Å². The third-order valence-electron chi connectivity index (χ3n) is 2.08. The van der Waals surface area contributed by atoms with E-state index in [2.05, 4.69) is 4.98 Å². The number of nitrogens with zero attached hydrogens (tertiary/aromatic N) is 2. The molecule has 3 nitrogen and oxygen atoms in total. The maximum Gasteiger partial charge on any atom is 0.134 e. The fraction of sp³-hybridized carbons (Fsp3) is 0. The summed E-state index contributed by atoms with van der Waals surface area (Å²) < 4.78 is 0. The van der Waals surface area contributed by atoms with Gasteiger partial charge < -0.3 is 5.11 Å². The summed E-state index contributed by atoms with van der Waals surface area (Å²) >= 11 is 0. The zero-order valence-electron chi connectivity index (χ0n) is 7.88. The van der Waals surface area contributed by atoms with Gasteiger partial charge in [-0.3, -0.25) is 4.98 Å². The van der Waals surface area contributed by atoms with Crippen molar-refractivity contribution in [2.24, 2.45) is 0 Å². The molecule has 0 radical (unpaired) electrons. The summed E-state index contributed by atoms with van der Waals surface area (Å²) in [5.74, 6) is -0.0133. The Kier molecular flexibility index (Phi) is 2.34. The largest absolute Gasteiger partial charge is 0.507 e. The molecule has 1 heterocycles. The molecule has 1 aromatic heterocycles. The number of hydrogen-bond acceptors (Lipinski definition) is 3. The van der Waals surface area contributed by atoms with Crippen molar-refractivity contribution >= 4 is 0 Å². The number of phenolic OH excluding ortho intramolecular Hbond substituents is 1. The minimum Gasteiger partial charge on any atom is -0.507 e. The van der Waals surface area contributed by atoms with E-state index < -0.39 is 0 Å². The van der Waals surface area contributed by atoms with Crippen LogP contribution in [0.5, 0.6) is 5.75 Å². The van der Waals surface area contributed by atoms with Gasteiger partial charge in [-0.05, 0) is 24.3 Å². The molecule has 3 heteroatoms. The number of aromatic hydroxyl groups is 1. The lowest BCUT2D eigenvalue weighted by atomic mass is 10.1. The summed E-state index contributed by atoms with van der Waals surface area (Å²) in [5, 5.41) is 18.2. The molecule has 0 spiro atoms. The average molecular weight is 196 g/mol. The number of aromatic nitrogens is 1. The second-order valence-corrected chi connectivity index (χ2v) is 3.06. The van der Waals surface area contributed by atoms with Crippen LogP contribution in [0.1, 0.15) is 5.56 Å². The topological polar surface area (TPSA) is 56.9 Å². The lowest BCUT2D eigenvalue weighted by molar-refractivity contribution is 0.474. The normalized spacial score (nSPS) is 9.53.